The summed E-state index contributed by atoms with van der Waals surface area (Å²) < 4.78 is 27.8. The maximum atomic E-state index is 13.8. The van der Waals surface area contributed by atoms with Gasteiger partial charge >= 0.3 is 0 Å². The average molecular weight is 562 g/mol. The number of hydrazine groups is 1. The van der Waals surface area contributed by atoms with Crippen molar-refractivity contribution in [2.45, 2.75) is 26.7 Å². The molecule has 0 spiro atoms. The molecular weight excluding hydrogens is 526 g/mol. The third-order valence-corrected chi connectivity index (χ3v) is 7.47. The number of anilines is 1. The van der Waals surface area contributed by atoms with E-state index in [1.807, 2.05) is 56.3 Å². The molecule has 0 fully saturated rings. The van der Waals surface area contributed by atoms with E-state index < -0.39 is 33.7 Å². The Morgan fingerprint density at radius 2 is 1.32 bits per heavy atom. The average Bonchev–Trinajstić information content (AvgIpc) is 2.97. The Kier molecular flexibility index (Phi) is 11.2. The minimum absolute atomic E-state index is 0.00241. The number of nitrogens with one attached hydrogen (secondary N) is 2. The van der Waals surface area contributed by atoms with Gasteiger partial charge in [-0.05, 0) is 48.1 Å². The number of hydrogen-bond acceptors (Lipinski definition) is 5. The van der Waals surface area contributed by atoms with Crippen LogP contribution in [0.5, 0.6) is 0 Å². The Balaban J connectivity index is 1.93. The molecule has 0 unspecified atom stereocenters. The number of hydrogen-bond donors (Lipinski definition) is 3. The lowest BCUT2D eigenvalue weighted by molar-refractivity contribution is -0.140. The number of hydroxylamine groups is 1. The van der Waals surface area contributed by atoms with Crippen LogP contribution in [0.4, 0.5) is 5.69 Å². The molecule has 3 N–H and O–H groups in total. The highest BCUT2D eigenvalue weighted by Crippen LogP contribution is 2.27. The van der Waals surface area contributed by atoms with Crippen molar-refractivity contribution in [1.82, 2.24) is 10.9 Å². The van der Waals surface area contributed by atoms with E-state index >= 15 is 0 Å². The Morgan fingerprint density at radius 1 is 0.800 bits per heavy atom. The molecule has 0 aliphatic carbocycles. The zero-order valence-corrected chi connectivity index (χ0v) is 23.4. The molecule has 2 amide bonds. The summed E-state index contributed by atoms with van der Waals surface area (Å²) in [7, 11) is -4.18. The standard InChI is InChI=1S/C31H35N3O5S/c1-24(2)23-29(28(31(36)33-37)20-12-17-25-13-6-3-7-14-25)30(35)32-34(27-18-10-5-11-19-27)40(38,39)22-21-26-15-8-4-9-16-26/h3-19,21-22,24,28-29,37H,20,23H2,1-2H3,(H,32,35)(H,33,36)/t28-,29+/m0/s1. The maximum Gasteiger partial charge on any atom is 0.275 e. The number of carbonyl (C=O) groups is 2. The molecule has 2 atom stereocenters. The van der Waals surface area contributed by atoms with Gasteiger partial charge in [0.1, 0.15) is 0 Å². The van der Waals surface area contributed by atoms with Gasteiger partial charge in [0.05, 0.1) is 22.9 Å². The highest BCUT2D eigenvalue weighted by atomic mass is 32.2. The van der Waals surface area contributed by atoms with Crippen LogP contribution in [-0.4, -0.2) is 25.4 Å². The fraction of sp³-hybridized carbons (Fsp3) is 0.226. The highest BCUT2D eigenvalue weighted by Gasteiger charge is 2.35. The first kappa shape index (κ1) is 30.3. The van der Waals surface area contributed by atoms with Crippen LogP contribution in [0.2, 0.25) is 0 Å². The molecule has 0 saturated heterocycles. The zero-order valence-electron chi connectivity index (χ0n) is 22.6. The van der Waals surface area contributed by atoms with Crippen LogP contribution in [-0.2, 0) is 19.6 Å². The number of amides is 2. The molecule has 0 radical (unpaired) electrons. The molecule has 0 aromatic heterocycles. The predicted octanol–water partition coefficient (Wildman–Crippen LogP) is 5.41. The molecule has 40 heavy (non-hydrogen) atoms. The molecule has 0 aliphatic heterocycles. The highest BCUT2D eigenvalue weighted by molar-refractivity contribution is 7.95. The summed E-state index contributed by atoms with van der Waals surface area (Å²) in [5, 5.41) is 10.5. The molecule has 3 rings (SSSR count). The van der Waals surface area contributed by atoms with Crippen LogP contribution in [0.1, 0.15) is 37.8 Å². The van der Waals surface area contributed by atoms with Gasteiger partial charge in [-0.2, -0.15) is 12.8 Å². The first-order chi connectivity index (χ1) is 19.2. The summed E-state index contributed by atoms with van der Waals surface area (Å²) in [5.74, 6) is -3.27. The fourth-order valence-corrected chi connectivity index (χ4v) is 5.31. The van der Waals surface area contributed by atoms with E-state index in [-0.39, 0.29) is 24.4 Å². The normalized spacial score (nSPS) is 13.3. The first-order valence-electron chi connectivity index (χ1n) is 13.0. The van der Waals surface area contributed by atoms with E-state index in [4.69, 9.17) is 0 Å². The molecule has 9 heteroatoms. The van der Waals surface area contributed by atoms with Gasteiger partial charge in [0.2, 0.25) is 11.8 Å². The predicted molar refractivity (Wildman–Crippen MR) is 158 cm³/mol. The fourth-order valence-electron chi connectivity index (χ4n) is 4.22. The second-order valence-corrected chi connectivity index (χ2v) is 11.4. The van der Waals surface area contributed by atoms with E-state index in [0.717, 1.165) is 15.4 Å². The van der Waals surface area contributed by atoms with E-state index in [1.165, 1.54) is 6.08 Å². The van der Waals surface area contributed by atoms with Crippen molar-refractivity contribution in [2.75, 3.05) is 4.41 Å². The molecule has 0 aliphatic rings. The number of allylic oxidation sites excluding steroid dienone is 1. The number of para-hydroxylation sites is 1. The van der Waals surface area contributed by atoms with Gasteiger partial charge in [-0.1, -0.05) is 105 Å². The number of rotatable bonds is 13. The molecule has 0 bridgehead atoms. The Bertz CT molecular complexity index is 1390. The van der Waals surface area contributed by atoms with E-state index in [9.17, 15) is 23.2 Å². The van der Waals surface area contributed by atoms with Crippen LogP contribution >= 0.6 is 0 Å². The van der Waals surface area contributed by atoms with Crippen LogP contribution in [0, 0.1) is 17.8 Å². The van der Waals surface area contributed by atoms with Crippen molar-refractivity contribution >= 4 is 39.7 Å². The topological polar surface area (TPSA) is 116 Å². The molecule has 210 valence electrons. The molecule has 0 heterocycles. The minimum Gasteiger partial charge on any atom is -0.289 e. The van der Waals surface area contributed by atoms with Crippen LogP contribution in [0.15, 0.2) is 102 Å². The minimum atomic E-state index is -4.18. The zero-order chi connectivity index (χ0) is 29.0. The summed E-state index contributed by atoms with van der Waals surface area (Å²) in [6.07, 6.45) is 5.48. The molecular formula is C31H35N3O5S. The Labute approximate surface area is 236 Å². The van der Waals surface area contributed by atoms with Gasteiger partial charge in [-0.3, -0.25) is 20.2 Å². The van der Waals surface area contributed by atoms with Crippen molar-refractivity contribution < 1.29 is 23.2 Å². The monoisotopic (exact) mass is 561 g/mol. The van der Waals surface area contributed by atoms with Gasteiger partial charge in [-0.25, -0.2) is 5.48 Å². The third-order valence-electron chi connectivity index (χ3n) is 6.18. The van der Waals surface area contributed by atoms with E-state index in [2.05, 4.69) is 5.43 Å². The first-order valence-corrected chi connectivity index (χ1v) is 14.5. The molecule has 3 aromatic carbocycles. The van der Waals surface area contributed by atoms with Crippen molar-refractivity contribution in [2.24, 2.45) is 17.8 Å². The Morgan fingerprint density at radius 3 is 1.85 bits per heavy atom. The van der Waals surface area contributed by atoms with Crippen molar-refractivity contribution in [1.29, 1.82) is 0 Å². The molecule has 8 nitrogen and oxygen atoms in total. The number of nitrogens with zero attached hydrogens (tertiary/aromatic N) is 1. The summed E-state index contributed by atoms with van der Waals surface area (Å²) in [5.41, 5.74) is 6.05. The summed E-state index contributed by atoms with van der Waals surface area (Å²) in [6.45, 7) is 3.81. The second kappa shape index (κ2) is 14.8. The van der Waals surface area contributed by atoms with E-state index in [0.29, 0.717) is 5.56 Å². The number of carbonyl (C=O) groups excluding carboxylic acids is 2. The lowest BCUT2D eigenvalue weighted by Gasteiger charge is -2.29. The smallest absolute Gasteiger partial charge is 0.275 e. The number of sulfonamides is 1. The largest absolute Gasteiger partial charge is 0.289 e. The summed E-state index contributed by atoms with van der Waals surface area (Å²) >= 11 is 0. The van der Waals surface area contributed by atoms with Gasteiger partial charge in [0, 0.05) is 0 Å². The maximum absolute atomic E-state index is 13.8. The summed E-state index contributed by atoms with van der Waals surface area (Å²) in [6, 6.07) is 26.6. The van der Waals surface area contributed by atoms with Crippen molar-refractivity contribution in [3.05, 3.63) is 114 Å². The van der Waals surface area contributed by atoms with Crippen LogP contribution < -0.4 is 15.3 Å². The Hall–Kier alpha value is -4.21. The van der Waals surface area contributed by atoms with Gasteiger partial charge in [0.25, 0.3) is 10.0 Å². The molecule has 0 saturated carbocycles. The van der Waals surface area contributed by atoms with Crippen LogP contribution in [0.3, 0.4) is 0 Å². The number of benzene rings is 3. The van der Waals surface area contributed by atoms with E-state index in [1.54, 1.807) is 66.2 Å². The van der Waals surface area contributed by atoms with Gasteiger partial charge in [-0.15, -0.1) is 0 Å². The summed E-state index contributed by atoms with van der Waals surface area (Å²) in [4.78, 5) is 26.5. The van der Waals surface area contributed by atoms with Gasteiger partial charge in [0.15, 0.2) is 0 Å². The van der Waals surface area contributed by atoms with Crippen molar-refractivity contribution in [3.63, 3.8) is 0 Å². The SMILES string of the molecule is CC(C)C[C@@H](C(=O)NN(c1ccccc1)S(=O)(=O)C=Cc1ccccc1)[C@H](CC=Cc1ccccc1)C(=O)NO. The third kappa shape index (κ3) is 8.93. The lowest BCUT2D eigenvalue weighted by atomic mass is 9.82. The molecule has 3 aromatic rings. The lowest BCUT2D eigenvalue weighted by Crippen LogP contribution is -2.50. The second-order valence-electron chi connectivity index (χ2n) is 9.70. The van der Waals surface area contributed by atoms with Crippen LogP contribution in [0.25, 0.3) is 12.2 Å². The van der Waals surface area contributed by atoms with Gasteiger partial charge < -0.3 is 0 Å². The van der Waals surface area contributed by atoms with Crippen molar-refractivity contribution in [3.8, 4) is 0 Å². The quantitative estimate of drug-likeness (QED) is 0.191.